The Morgan fingerprint density at radius 3 is 2.28 bits per heavy atom. The van der Waals surface area contributed by atoms with Gasteiger partial charge in [-0.2, -0.15) is 13.2 Å². The number of hydrogen-bond acceptors (Lipinski definition) is 4. The van der Waals surface area contributed by atoms with E-state index in [-0.39, 0.29) is 6.04 Å². The van der Waals surface area contributed by atoms with Crippen LogP contribution in [0.15, 0.2) is 39.8 Å². The van der Waals surface area contributed by atoms with Gasteiger partial charge in [0, 0.05) is 24.8 Å². The van der Waals surface area contributed by atoms with Gasteiger partial charge in [-0.3, -0.25) is 0 Å². The Hall–Kier alpha value is -1.80. The van der Waals surface area contributed by atoms with Gasteiger partial charge < -0.3 is 14.6 Å². The van der Waals surface area contributed by atoms with E-state index in [0.717, 1.165) is 25.0 Å². The predicted molar refractivity (Wildman–Crippen MR) is 111 cm³/mol. The minimum atomic E-state index is -4.37. The van der Waals surface area contributed by atoms with Gasteiger partial charge >= 0.3 is 6.18 Å². The van der Waals surface area contributed by atoms with E-state index in [1.165, 1.54) is 25.0 Å². The fourth-order valence-corrected chi connectivity index (χ4v) is 3.23. The molecule has 1 aliphatic heterocycles. The molecule has 160 valence electrons. The lowest BCUT2D eigenvalue weighted by Gasteiger charge is -2.24. The first kappa shape index (κ1) is 23.5. The van der Waals surface area contributed by atoms with Gasteiger partial charge in [-0.1, -0.05) is 50.6 Å². The van der Waals surface area contributed by atoms with Crippen molar-refractivity contribution in [3.63, 3.8) is 0 Å². The Balaban J connectivity index is 0.000000687. The minimum absolute atomic E-state index is 0.243. The van der Waals surface area contributed by atoms with Crippen LogP contribution in [0.4, 0.5) is 13.2 Å². The fourth-order valence-electron chi connectivity index (χ4n) is 2.62. The molecule has 1 saturated heterocycles. The van der Waals surface area contributed by atoms with Crippen molar-refractivity contribution >= 4 is 21.6 Å². The molecule has 1 aromatic heterocycles. The Morgan fingerprint density at radius 2 is 1.76 bits per heavy atom. The van der Waals surface area contributed by atoms with Crippen molar-refractivity contribution in [3.8, 4) is 11.3 Å². The highest BCUT2D eigenvalue weighted by molar-refractivity contribution is 9.10. The van der Waals surface area contributed by atoms with Gasteiger partial charge in [0.05, 0.1) is 15.7 Å². The van der Waals surface area contributed by atoms with E-state index in [1.807, 2.05) is 0 Å². The van der Waals surface area contributed by atoms with E-state index >= 15 is 0 Å². The molecular formula is C21H26BrF3N2O2. The summed E-state index contributed by atoms with van der Waals surface area (Å²) >= 11 is 3.41. The Morgan fingerprint density at radius 1 is 1.17 bits per heavy atom. The zero-order valence-corrected chi connectivity index (χ0v) is 18.2. The second-order valence-electron chi connectivity index (χ2n) is 6.76. The van der Waals surface area contributed by atoms with Crippen molar-refractivity contribution in [2.45, 2.75) is 51.7 Å². The monoisotopic (exact) mass is 474 g/mol. The molecule has 1 aliphatic rings. The number of benzene rings is 1. The smallest absolute Gasteiger partial charge is 0.381 e. The van der Waals surface area contributed by atoms with Gasteiger partial charge in [-0.05, 0) is 40.9 Å². The summed E-state index contributed by atoms with van der Waals surface area (Å²) < 4.78 is 49.2. The van der Waals surface area contributed by atoms with Crippen molar-refractivity contribution in [2.24, 2.45) is 0 Å². The number of alkyl halides is 3. The first-order chi connectivity index (χ1) is 13.8. The molecular weight excluding hydrogens is 449 g/mol. The van der Waals surface area contributed by atoms with Crippen LogP contribution in [0.25, 0.3) is 17.0 Å². The van der Waals surface area contributed by atoms with Crippen molar-refractivity contribution in [3.05, 3.63) is 46.6 Å². The first-order valence-electron chi connectivity index (χ1n) is 9.64. The number of halogens is 4. The van der Waals surface area contributed by atoms with Gasteiger partial charge in [0.25, 0.3) is 0 Å². The standard InChI is InChI=1S/C17H16BrF3N2O2.C4H10/c1-10(22-13-6-8-24-9-7-13)16-14(18)15(23-25-16)11-2-4-12(5-3-11)17(19,20)21;1-3-4-2/h2-5,13,22H,1,6-9H2;3-4H2,1-2H3. The van der Waals surface area contributed by atoms with E-state index in [1.54, 1.807) is 0 Å². The van der Waals surface area contributed by atoms with Gasteiger partial charge in [0.15, 0.2) is 5.76 Å². The minimum Gasteiger partial charge on any atom is -0.381 e. The van der Waals surface area contributed by atoms with Crippen LogP contribution in [0.1, 0.15) is 50.9 Å². The normalized spacial score (nSPS) is 14.8. The maximum Gasteiger partial charge on any atom is 0.416 e. The predicted octanol–water partition coefficient (Wildman–Crippen LogP) is 6.67. The van der Waals surface area contributed by atoms with E-state index in [9.17, 15) is 13.2 Å². The maximum atomic E-state index is 12.7. The lowest BCUT2D eigenvalue weighted by molar-refractivity contribution is -0.137. The number of rotatable bonds is 5. The van der Waals surface area contributed by atoms with E-state index in [0.29, 0.717) is 40.4 Å². The summed E-state index contributed by atoms with van der Waals surface area (Å²) in [6.45, 7) is 9.72. The van der Waals surface area contributed by atoms with Gasteiger partial charge in [-0.25, -0.2) is 0 Å². The highest BCUT2D eigenvalue weighted by Gasteiger charge is 2.30. The molecule has 4 nitrogen and oxygen atoms in total. The van der Waals surface area contributed by atoms with Crippen LogP contribution in [-0.4, -0.2) is 24.4 Å². The third-order valence-electron chi connectivity index (χ3n) is 4.49. The number of hydrogen-bond donors (Lipinski definition) is 1. The summed E-state index contributed by atoms with van der Waals surface area (Å²) in [5.41, 5.74) is 0.818. The van der Waals surface area contributed by atoms with Crippen LogP contribution in [0.2, 0.25) is 0 Å². The number of unbranched alkanes of at least 4 members (excludes halogenated alkanes) is 1. The topological polar surface area (TPSA) is 47.3 Å². The first-order valence-corrected chi connectivity index (χ1v) is 10.4. The molecule has 1 fully saturated rings. The quantitative estimate of drug-likeness (QED) is 0.525. The second-order valence-corrected chi connectivity index (χ2v) is 7.55. The second kappa shape index (κ2) is 10.8. The van der Waals surface area contributed by atoms with Crippen LogP contribution in [-0.2, 0) is 10.9 Å². The molecule has 0 spiro atoms. The maximum absolute atomic E-state index is 12.7. The lowest BCUT2D eigenvalue weighted by atomic mass is 10.1. The highest BCUT2D eigenvalue weighted by atomic mass is 79.9. The zero-order chi connectivity index (χ0) is 21.4. The third kappa shape index (κ3) is 6.60. The molecule has 0 bridgehead atoms. The summed E-state index contributed by atoms with van der Waals surface area (Å²) in [5.74, 6) is 0.432. The molecule has 0 radical (unpaired) electrons. The van der Waals surface area contributed by atoms with Crippen molar-refractivity contribution in [1.29, 1.82) is 0 Å². The summed E-state index contributed by atoms with van der Waals surface area (Å²) in [6, 6.07) is 5.01. The molecule has 0 aliphatic carbocycles. The molecule has 1 aromatic carbocycles. The molecule has 0 amide bonds. The number of aromatic nitrogens is 1. The van der Waals surface area contributed by atoms with Crippen LogP contribution < -0.4 is 5.32 Å². The molecule has 8 heteroatoms. The molecule has 0 atom stereocenters. The molecule has 3 rings (SSSR count). The molecule has 0 unspecified atom stereocenters. The zero-order valence-electron chi connectivity index (χ0n) is 16.6. The van der Waals surface area contributed by atoms with Crippen molar-refractivity contribution < 1.29 is 22.4 Å². The van der Waals surface area contributed by atoms with Crippen LogP contribution >= 0.6 is 15.9 Å². The summed E-state index contributed by atoms with van der Waals surface area (Å²) in [5, 5.41) is 7.25. The average molecular weight is 475 g/mol. The summed E-state index contributed by atoms with van der Waals surface area (Å²) in [6.07, 6.45) is 0.0136. The third-order valence-corrected chi connectivity index (χ3v) is 5.23. The Kier molecular flexibility index (Phi) is 8.77. The Bertz CT molecular complexity index is 780. The molecule has 29 heavy (non-hydrogen) atoms. The van der Waals surface area contributed by atoms with Gasteiger partial charge in [0.1, 0.15) is 5.69 Å². The highest BCUT2D eigenvalue weighted by Crippen LogP contribution is 2.35. The number of nitrogens with one attached hydrogen (secondary N) is 1. The van der Waals surface area contributed by atoms with Crippen LogP contribution in [0, 0.1) is 0 Å². The summed E-state index contributed by atoms with van der Waals surface area (Å²) in [7, 11) is 0. The molecule has 0 saturated carbocycles. The van der Waals surface area contributed by atoms with E-state index in [4.69, 9.17) is 9.26 Å². The largest absolute Gasteiger partial charge is 0.416 e. The van der Waals surface area contributed by atoms with Crippen LogP contribution in [0.5, 0.6) is 0 Å². The molecule has 2 heterocycles. The fraction of sp³-hybridized carbons (Fsp3) is 0.476. The average Bonchev–Trinajstić information content (AvgIpc) is 3.10. The van der Waals surface area contributed by atoms with Gasteiger partial charge in [-0.15, -0.1) is 0 Å². The van der Waals surface area contributed by atoms with Crippen molar-refractivity contribution in [1.82, 2.24) is 10.5 Å². The number of ether oxygens (including phenoxy) is 1. The Labute approximate surface area is 177 Å². The SMILES string of the molecule is C=C(NC1CCOCC1)c1onc(-c2ccc(C(F)(F)F)cc2)c1Br.CCCC. The molecule has 2 aromatic rings. The van der Waals surface area contributed by atoms with Crippen LogP contribution in [0.3, 0.4) is 0 Å². The van der Waals surface area contributed by atoms with E-state index < -0.39 is 11.7 Å². The van der Waals surface area contributed by atoms with E-state index in [2.05, 4.69) is 46.8 Å². The summed E-state index contributed by atoms with van der Waals surface area (Å²) in [4.78, 5) is 0. The lowest BCUT2D eigenvalue weighted by Crippen LogP contribution is -2.33. The number of nitrogens with zero attached hydrogens (tertiary/aromatic N) is 1. The van der Waals surface area contributed by atoms with Gasteiger partial charge in [0.2, 0.25) is 0 Å². The molecule has 1 N–H and O–H groups in total. The van der Waals surface area contributed by atoms with Crippen molar-refractivity contribution in [2.75, 3.05) is 13.2 Å².